The quantitative estimate of drug-likeness (QED) is 0.801. The molecule has 0 saturated heterocycles. The van der Waals surface area contributed by atoms with Crippen molar-refractivity contribution < 1.29 is 0 Å². The summed E-state index contributed by atoms with van der Waals surface area (Å²) in [5.74, 6) is 0. The third kappa shape index (κ3) is 3.62. The average Bonchev–Trinajstić information content (AvgIpc) is 2.65. The highest BCUT2D eigenvalue weighted by molar-refractivity contribution is 8.01. The first-order valence-electron chi connectivity index (χ1n) is 4.89. The van der Waals surface area contributed by atoms with Crippen molar-refractivity contribution in [2.75, 3.05) is 26.0 Å². The Hall–Kier alpha value is -0.330. The third-order valence-electron chi connectivity index (χ3n) is 2.22. The summed E-state index contributed by atoms with van der Waals surface area (Å²) >= 11 is 3.41. The van der Waals surface area contributed by atoms with Crippen molar-refractivity contribution in [3.05, 3.63) is 0 Å². The molecule has 6 heteroatoms. The van der Waals surface area contributed by atoms with Crippen molar-refractivity contribution in [3.63, 3.8) is 0 Å². The van der Waals surface area contributed by atoms with Gasteiger partial charge in [-0.25, -0.2) is 0 Å². The van der Waals surface area contributed by atoms with Gasteiger partial charge in [0.1, 0.15) is 0 Å². The molecule has 0 aliphatic rings. The van der Waals surface area contributed by atoms with Crippen LogP contribution in [0.2, 0.25) is 0 Å². The minimum atomic E-state index is 0.474. The van der Waals surface area contributed by atoms with Crippen LogP contribution in [0.1, 0.15) is 13.8 Å². The standard InChI is InChI=1S/C9H18N4S2/c1-6(10-3)7(2)14-9-12-11-8(15-9)13(4)5/h6-7,10H,1-5H3. The predicted octanol–water partition coefficient (Wildman–Crippen LogP) is 1.69. The number of nitrogens with zero attached hydrogens (tertiary/aromatic N) is 3. The SMILES string of the molecule is CNC(C)C(C)Sc1nnc(N(C)C)s1. The van der Waals surface area contributed by atoms with Gasteiger partial charge in [0.25, 0.3) is 0 Å². The van der Waals surface area contributed by atoms with Crippen LogP contribution in [0.5, 0.6) is 0 Å². The van der Waals surface area contributed by atoms with Gasteiger partial charge in [0.05, 0.1) is 0 Å². The van der Waals surface area contributed by atoms with Crippen molar-refractivity contribution in [2.45, 2.75) is 29.5 Å². The summed E-state index contributed by atoms with van der Waals surface area (Å²) in [5.41, 5.74) is 0. The smallest absolute Gasteiger partial charge is 0.208 e. The highest BCUT2D eigenvalue weighted by Crippen LogP contribution is 2.30. The summed E-state index contributed by atoms with van der Waals surface area (Å²) in [7, 11) is 5.94. The number of aromatic nitrogens is 2. The minimum Gasteiger partial charge on any atom is -0.353 e. The van der Waals surface area contributed by atoms with Crippen molar-refractivity contribution >= 4 is 28.2 Å². The predicted molar refractivity (Wildman–Crippen MR) is 68.1 cm³/mol. The molecule has 0 saturated carbocycles. The van der Waals surface area contributed by atoms with E-state index in [4.69, 9.17) is 0 Å². The Balaban J connectivity index is 2.57. The highest BCUT2D eigenvalue weighted by Gasteiger charge is 2.14. The Morgan fingerprint density at radius 2 is 2.00 bits per heavy atom. The molecule has 0 aliphatic carbocycles. The van der Waals surface area contributed by atoms with Gasteiger partial charge in [0.15, 0.2) is 4.34 Å². The fraction of sp³-hybridized carbons (Fsp3) is 0.778. The maximum absolute atomic E-state index is 4.16. The lowest BCUT2D eigenvalue weighted by Gasteiger charge is -2.16. The van der Waals surface area contributed by atoms with Gasteiger partial charge in [-0.1, -0.05) is 30.0 Å². The highest BCUT2D eigenvalue weighted by atomic mass is 32.2. The van der Waals surface area contributed by atoms with Crippen molar-refractivity contribution in [2.24, 2.45) is 0 Å². The fourth-order valence-electron chi connectivity index (χ4n) is 0.927. The van der Waals surface area contributed by atoms with Gasteiger partial charge in [-0.3, -0.25) is 0 Å². The average molecular weight is 246 g/mol. The molecule has 1 heterocycles. The zero-order valence-electron chi connectivity index (χ0n) is 9.81. The Morgan fingerprint density at radius 3 is 2.47 bits per heavy atom. The number of anilines is 1. The molecule has 15 heavy (non-hydrogen) atoms. The number of nitrogens with one attached hydrogen (secondary N) is 1. The summed E-state index contributed by atoms with van der Waals surface area (Å²) in [6.45, 7) is 4.37. The molecule has 0 amide bonds. The van der Waals surface area contributed by atoms with E-state index in [9.17, 15) is 0 Å². The Labute approximate surface area is 99.5 Å². The molecule has 0 bridgehead atoms. The second-order valence-corrected chi connectivity index (χ2v) is 6.23. The Kier molecular flexibility index (Phi) is 4.82. The van der Waals surface area contributed by atoms with Gasteiger partial charge in [0.2, 0.25) is 5.13 Å². The van der Waals surface area contributed by atoms with E-state index in [1.54, 1.807) is 23.1 Å². The lowest BCUT2D eigenvalue weighted by atomic mass is 10.3. The van der Waals surface area contributed by atoms with Gasteiger partial charge in [-0.2, -0.15) is 0 Å². The Bertz CT molecular complexity index is 300. The van der Waals surface area contributed by atoms with Crippen molar-refractivity contribution in [3.8, 4) is 0 Å². The molecule has 0 aliphatic heterocycles. The summed E-state index contributed by atoms with van der Waals surface area (Å²) in [5, 5.41) is 13.0. The van der Waals surface area contributed by atoms with Crippen LogP contribution in [-0.2, 0) is 0 Å². The van der Waals surface area contributed by atoms with E-state index in [0.717, 1.165) is 9.47 Å². The normalized spacial score (nSPS) is 15.0. The topological polar surface area (TPSA) is 41.1 Å². The van der Waals surface area contributed by atoms with E-state index in [2.05, 4.69) is 29.4 Å². The van der Waals surface area contributed by atoms with Crippen LogP contribution in [0.3, 0.4) is 0 Å². The number of thioether (sulfide) groups is 1. The molecule has 4 nitrogen and oxygen atoms in total. The molecule has 1 rings (SSSR count). The molecular weight excluding hydrogens is 228 g/mol. The van der Waals surface area contributed by atoms with E-state index in [-0.39, 0.29) is 0 Å². The van der Waals surface area contributed by atoms with Crippen LogP contribution in [-0.4, -0.2) is 42.6 Å². The summed E-state index contributed by atoms with van der Waals surface area (Å²) < 4.78 is 1.04. The van der Waals surface area contributed by atoms with E-state index in [0.29, 0.717) is 11.3 Å². The van der Waals surface area contributed by atoms with Gasteiger partial charge in [-0.05, 0) is 14.0 Å². The molecule has 0 aromatic carbocycles. The Morgan fingerprint density at radius 1 is 1.33 bits per heavy atom. The fourth-order valence-corrected chi connectivity index (χ4v) is 3.05. The van der Waals surface area contributed by atoms with Crippen molar-refractivity contribution in [1.29, 1.82) is 0 Å². The number of rotatable bonds is 5. The molecule has 1 N–H and O–H groups in total. The monoisotopic (exact) mass is 246 g/mol. The van der Waals surface area contributed by atoms with E-state index in [1.165, 1.54) is 0 Å². The lowest BCUT2D eigenvalue weighted by Crippen LogP contribution is -2.30. The molecule has 0 fully saturated rings. The summed E-state index contributed by atoms with van der Waals surface area (Å²) in [6.07, 6.45) is 0. The van der Waals surface area contributed by atoms with Crippen LogP contribution < -0.4 is 10.2 Å². The maximum Gasteiger partial charge on any atom is 0.208 e. The van der Waals surface area contributed by atoms with Gasteiger partial charge >= 0.3 is 0 Å². The maximum atomic E-state index is 4.16. The molecule has 2 atom stereocenters. The van der Waals surface area contributed by atoms with Crippen LogP contribution in [0, 0.1) is 0 Å². The molecular formula is C9H18N4S2. The van der Waals surface area contributed by atoms with Gasteiger partial charge in [0, 0.05) is 25.4 Å². The van der Waals surface area contributed by atoms with Crippen LogP contribution in [0.15, 0.2) is 4.34 Å². The van der Waals surface area contributed by atoms with Crippen LogP contribution in [0.4, 0.5) is 5.13 Å². The molecule has 0 spiro atoms. The summed E-state index contributed by atoms with van der Waals surface area (Å²) in [4.78, 5) is 1.98. The zero-order chi connectivity index (χ0) is 11.4. The first-order chi connectivity index (χ1) is 7.04. The van der Waals surface area contributed by atoms with Crippen molar-refractivity contribution in [1.82, 2.24) is 15.5 Å². The molecule has 1 aromatic heterocycles. The van der Waals surface area contributed by atoms with E-state index in [1.807, 2.05) is 26.0 Å². The molecule has 1 aromatic rings. The first-order valence-corrected chi connectivity index (χ1v) is 6.59. The number of hydrogen-bond acceptors (Lipinski definition) is 6. The van der Waals surface area contributed by atoms with Gasteiger partial charge < -0.3 is 10.2 Å². The second kappa shape index (κ2) is 5.67. The first kappa shape index (κ1) is 12.7. The third-order valence-corrected chi connectivity index (χ3v) is 4.71. The van der Waals surface area contributed by atoms with E-state index >= 15 is 0 Å². The zero-order valence-corrected chi connectivity index (χ0v) is 11.4. The molecule has 0 radical (unpaired) electrons. The number of hydrogen-bond donors (Lipinski definition) is 1. The van der Waals surface area contributed by atoms with Crippen LogP contribution >= 0.6 is 23.1 Å². The van der Waals surface area contributed by atoms with Gasteiger partial charge in [-0.15, -0.1) is 10.2 Å². The molecule has 86 valence electrons. The van der Waals surface area contributed by atoms with Crippen LogP contribution in [0.25, 0.3) is 0 Å². The van der Waals surface area contributed by atoms with E-state index < -0.39 is 0 Å². The largest absolute Gasteiger partial charge is 0.353 e. The lowest BCUT2D eigenvalue weighted by molar-refractivity contribution is 0.605. The second-order valence-electron chi connectivity index (χ2n) is 3.65. The summed E-state index contributed by atoms with van der Waals surface area (Å²) in [6, 6.07) is 0.474. The minimum absolute atomic E-state index is 0.474. The molecule has 2 unspecified atom stereocenters.